The summed E-state index contributed by atoms with van der Waals surface area (Å²) in [5, 5.41) is 2.70. The minimum absolute atomic E-state index is 0.201. The summed E-state index contributed by atoms with van der Waals surface area (Å²) in [6.45, 7) is 7.18. The van der Waals surface area contributed by atoms with Gasteiger partial charge in [-0.25, -0.2) is 0 Å². The molecule has 0 bridgehead atoms. The standard InChI is InChI=1S/C21H33NO4S/c1-5-18(19-14-10-7-11-15-19)13-9-6-8-12-17(2)20(23)22-21(3,4)16-27(24,25)26/h6-7,9-11,14-15,17-18H,5,8,12-13,16H2,1-4H3,(H,22,23)(H,24,25,26)/b9-6+. The molecule has 2 atom stereocenters. The number of hydrogen-bond donors (Lipinski definition) is 2. The molecule has 0 saturated heterocycles. The van der Waals surface area contributed by atoms with Crippen molar-refractivity contribution in [3.8, 4) is 0 Å². The Morgan fingerprint density at radius 1 is 1.22 bits per heavy atom. The van der Waals surface area contributed by atoms with Gasteiger partial charge < -0.3 is 5.32 Å². The molecule has 1 rings (SSSR count). The molecule has 0 spiro atoms. The van der Waals surface area contributed by atoms with Crippen LogP contribution in [0.25, 0.3) is 0 Å². The highest BCUT2D eigenvalue weighted by molar-refractivity contribution is 7.85. The van der Waals surface area contributed by atoms with Crippen molar-refractivity contribution in [2.45, 2.75) is 64.8 Å². The predicted molar refractivity (Wildman–Crippen MR) is 110 cm³/mol. The number of hydrogen-bond acceptors (Lipinski definition) is 3. The Hall–Kier alpha value is -1.66. The zero-order valence-electron chi connectivity index (χ0n) is 16.8. The molecule has 1 aromatic rings. The van der Waals surface area contributed by atoms with Crippen LogP contribution >= 0.6 is 0 Å². The molecule has 6 heteroatoms. The summed E-state index contributed by atoms with van der Waals surface area (Å²) in [4.78, 5) is 12.2. The summed E-state index contributed by atoms with van der Waals surface area (Å²) < 4.78 is 31.0. The fourth-order valence-electron chi connectivity index (χ4n) is 3.07. The average molecular weight is 396 g/mol. The average Bonchev–Trinajstić information content (AvgIpc) is 2.56. The Morgan fingerprint density at radius 3 is 2.41 bits per heavy atom. The van der Waals surface area contributed by atoms with Crippen molar-refractivity contribution in [1.29, 1.82) is 0 Å². The van der Waals surface area contributed by atoms with Crippen LogP contribution in [0.15, 0.2) is 42.5 Å². The van der Waals surface area contributed by atoms with Crippen molar-refractivity contribution in [3.05, 3.63) is 48.0 Å². The molecule has 1 aromatic carbocycles. The smallest absolute Gasteiger partial charge is 0.267 e. The van der Waals surface area contributed by atoms with E-state index in [2.05, 4.69) is 48.7 Å². The van der Waals surface area contributed by atoms with Crippen LogP contribution in [0.3, 0.4) is 0 Å². The van der Waals surface area contributed by atoms with E-state index in [1.165, 1.54) is 5.56 Å². The van der Waals surface area contributed by atoms with Crippen LogP contribution in [-0.4, -0.2) is 30.2 Å². The van der Waals surface area contributed by atoms with E-state index in [9.17, 15) is 13.2 Å². The second-order valence-electron chi connectivity index (χ2n) is 7.80. The summed E-state index contributed by atoms with van der Waals surface area (Å²) in [7, 11) is -4.14. The largest absolute Gasteiger partial charge is 0.350 e. The molecule has 0 fully saturated rings. The minimum Gasteiger partial charge on any atom is -0.350 e. The molecule has 0 heterocycles. The van der Waals surface area contributed by atoms with Crippen LogP contribution in [0, 0.1) is 5.92 Å². The lowest BCUT2D eigenvalue weighted by atomic mass is 9.93. The Morgan fingerprint density at radius 2 is 1.85 bits per heavy atom. The summed E-state index contributed by atoms with van der Waals surface area (Å²) in [5.41, 5.74) is 0.345. The zero-order chi connectivity index (χ0) is 20.5. The Balaban J connectivity index is 2.42. The lowest BCUT2D eigenvalue weighted by Crippen LogP contribution is -2.49. The van der Waals surface area contributed by atoms with Gasteiger partial charge >= 0.3 is 0 Å². The topological polar surface area (TPSA) is 83.5 Å². The normalized spacial score (nSPS) is 14.9. The molecular formula is C21H33NO4S. The molecule has 0 aromatic heterocycles. The molecule has 27 heavy (non-hydrogen) atoms. The summed E-state index contributed by atoms with van der Waals surface area (Å²) in [6.07, 6.45) is 7.82. The van der Waals surface area contributed by atoms with Crippen molar-refractivity contribution in [1.82, 2.24) is 5.32 Å². The van der Waals surface area contributed by atoms with E-state index in [1.54, 1.807) is 13.8 Å². The maximum atomic E-state index is 12.2. The highest BCUT2D eigenvalue weighted by atomic mass is 32.2. The molecule has 0 aliphatic heterocycles. The number of allylic oxidation sites excluding steroid dienone is 2. The molecule has 0 radical (unpaired) electrons. The highest BCUT2D eigenvalue weighted by Crippen LogP contribution is 2.23. The monoisotopic (exact) mass is 395 g/mol. The van der Waals surface area contributed by atoms with Crippen LogP contribution in [-0.2, 0) is 14.9 Å². The second kappa shape index (κ2) is 10.6. The zero-order valence-corrected chi connectivity index (χ0v) is 17.6. The van der Waals surface area contributed by atoms with Crippen molar-refractivity contribution >= 4 is 16.0 Å². The quantitative estimate of drug-likeness (QED) is 0.432. The van der Waals surface area contributed by atoms with E-state index in [4.69, 9.17) is 4.55 Å². The van der Waals surface area contributed by atoms with Crippen LogP contribution in [0.1, 0.15) is 64.9 Å². The third-order valence-corrected chi connectivity index (χ3v) is 5.66. The third-order valence-electron chi connectivity index (χ3n) is 4.57. The Labute approximate surface area is 164 Å². The van der Waals surface area contributed by atoms with Gasteiger partial charge in [-0.1, -0.05) is 56.3 Å². The van der Waals surface area contributed by atoms with Gasteiger partial charge in [0.05, 0.1) is 11.3 Å². The van der Waals surface area contributed by atoms with E-state index < -0.39 is 21.4 Å². The van der Waals surface area contributed by atoms with Gasteiger partial charge in [0.15, 0.2) is 0 Å². The van der Waals surface area contributed by atoms with E-state index in [1.807, 2.05) is 13.0 Å². The first-order valence-corrected chi connectivity index (χ1v) is 11.1. The predicted octanol–water partition coefficient (Wildman–Crippen LogP) is 4.33. The van der Waals surface area contributed by atoms with E-state index in [0.29, 0.717) is 12.3 Å². The number of benzene rings is 1. The summed E-state index contributed by atoms with van der Waals surface area (Å²) in [6, 6.07) is 10.5. The van der Waals surface area contributed by atoms with Crippen LogP contribution < -0.4 is 5.32 Å². The van der Waals surface area contributed by atoms with Crippen molar-refractivity contribution in [3.63, 3.8) is 0 Å². The maximum Gasteiger partial charge on any atom is 0.267 e. The first kappa shape index (κ1) is 23.4. The van der Waals surface area contributed by atoms with E-state index in [-0.39, 0.29) is 11.8 Å². The molecule has 0 aliphatic carbocycles. The number of carbonyl (C=O) groups is 1. The molecule has 5 nitrogen and oxygen atoms in total. The summed E-state index contributed by atoms with van der Waals surface area (Å²) in [5.74, 6) is -0.431. The van der Waals surface area contributed by atoms with Gasteiger partial charge in [-0.2, -0.15) is 8.42 Å². The summed E-state index contributed by atoms with van der Waals surface area (Å²) >= 11 is 0. The van der Waals surface area contributed by atoms with Crippen molar-refractivity contribution in [2.24, 2.45) is 5.92 Å². The fraction of sp³-hybridized carbons (Fsp3) is 0.571. The van der Waals surface area contributed by atoms with Gasteiger partial charge in [-0.05, 0) is 51.0 Å². The number of rotatable bonds is 11. The molecule has 0 aliphatic rings. The number of carbonyl (C=O) groups excluding carboxylic acids is 1. The number of amides is 1. The van der Waals surface area contributed by atoms with E-state index in [0.717, 1.165) is 19.3 Å². The maximum absolute atomic E-state index is 12.2. The molecular weight excluding hydrogens is 362 g/mol. The SMILES string of the molecule is CCC(C/C=C/CCC(C)C(=O)NC(C)(C)CS(=O)(=O)O)c1ccccc1. The van der Waals surface area contributed by atoms with Crippen molar-refractivity contribution in [2.75, 3.05) is 5.75 Å². The van der Waals surface area contributed by atoms with Gasteiger partial charge in [-0.3, -0.25) is 9.35 Å². The van der Waals surface area contributed by atoms with E-state index >= 15 is 0 Å². The van der Waals surface area contributed by atoms with Gasteiger partial charge in [0.1, 0.15) is 0 Å². The van der Waals surface area contributed by atoms with Gasteiger partial charge in [0, 0.05) is 5.92 Å². The molecule has 2 N–H and O–H groups in total. The second-order valence-corrected chi connectivity index (χ2v) is 9.25. The van der Waals surface area contributed by atoms with Gasteiger partial charge in [0.2, 0.25) is 5.91 Å². The van der Waals surface area contributed by atoms with Crippen LogP contribution in [0.2, 0.25) is 0 Å². The first-order chi connectivity index (χ1) is 12.5. The molecule has 2 unspecified atom stereocenters. The minimum atomic E-state index is -4.14. The molecule has 152 valence electrons. The highest BCUT2D eigenvalue weighted by Gasteiger charge is 2.28. The van der Waals surface area contributed by atoms with Gasteiger partial charge in [0.25, 0.3) is 10.1 Å². The van der Waals surface area contributed by atoms with Crippen LogP contribution in [0.5, 0.6) is 0 Å². The molecule has 1 amide bonds. The Bertz CT molecular complexity index is 711. The Kier molecular flexibility index (Phi) is 9.19. The molecule has 0 saturated carbocycles. The number of nitrogens with one attached hydrogen (secondary N) is 1. The van der Waals surface area contributed by atoms with Gasteiger partial charge in [-0.15, -0.1) is 0 Å². The first-order valence-electron chi connectivity index (χ1n) is 9.51. The third kappa shape index (κ3) is 9.73. The van der Waals surface area contributed by atoms with Crippen LogP contribution in [0.4, 0.5) is 0 Å². The van der Waals surface area contributed by atoms with Crippen molar-refractivity contribution < 1.29 is 17.8 Å². The lowest BCUT2D eigenvalue weighted by Gasteiger charge is -2.26. The lowest BCUT2D eigenvalue weighted by molar-refractivity contribution is -0.126. The fourth-order valence-corrected chi connectivity index (χ4v) is 4.05.